The van der Waals surface area contributed by atoms with Gasteiger partial charge in [-0.3, -0.25) is 9.69 Å². The third-order valence-electron chi connectivity index (χ3n) is 5.22. The van der Waals surface area contributed by atoms with Crippen LogP contribution in [0.5, 0.6) is 0 Å². The van der Waals surface area contributed by atoms with Gasteiger partial charge in [0.25, 0.3) is 0 Å². The highest BCUT2D eigenvalue weighted by atomic mass is 16.4. The van der Waals surface area contributed by atoms with Crippen LogP contribution in [0.15, 0.2) is 47.7 Å². The highest BCUT2D eigenvalue weighted by Gasteiger charge is 2.37. The fraction of sp³-hybridized carbons (Fsp3) is 0.500. The molecule has 3 rings (SSSR count). The van der Waals surface area contributed by atoms with Gasteiger partial charge in [-0.2, -0.15) is 0 Å². The molecule has 1 saturated heterocycles. The van der Waals surface area contributed by atoms with E-state index in [1.807, 2.05) is 18.4 Å². The molecule has 4 N–H and O–H groups in total. The minimum atomic E-state index is -1.31. The summed E-state index contributed by atoms with van der Waals surface area (Å²) in [7, 11) is -1.31. The van der Waals surface area contributed by atoms with E-state index in [1.54, 1.807) is 0 Å². The number of hydrogen-bond acceptors (Lipinski definition) is 5. The Balaban J connectivity index is 1.64. The number of carbonyl (C=O) groups is 1. The van der Waals surface area contributed by atoms with Crippen molar-refractivity contribution < 1.29 is 19.9 Å². The van der Waals surface area contributed by atoms with Crippen molar-refractivity contribution >= 4 is 13.1 Å². The molecule has 0 aromatic heterocycles. The lowest BCUT2D eigenvalue weighted by Gasteiger charge is -2.27. The van der Waals surface area contributed by atoms with Gasteiger partial charge in [-0.25, -0.2) is 0 Å². The topological polar surface area (TPSA) is 93.0 Å². The lowest BCUT2D eigenvalue weighted by molar-refractivity contribution is -0.142. The second-order valence-electron chi connectivity index (χ2n) is 7.01. The second-order valence-corrected chi connectivity index (χ2v) is 7.01. The number of allylic oxidation sites excluding steroid dienone is 2. The van der Waals surface area contributed by atoms with Crippen LogP contribution in [0.2, 0.25) is 6.32 Å². The lowest BCUT2D eigenvalue weighted by atomic mass is 9.80. The summed E-state index contributed by atoms with van der Waals surface area (Å²) >= 11 is 0. The van der Waals surface area contributed by atoms with Gasteiger partial charge in [-0.1, -0.05) is 30.7 Å². The van der Waals surface area contributed by atoms with E-state index in [9.17, 15) is 9.90 Å². The van der Waals surface area contributed by atoms with Crippen molar-refractivity contribution in [3.63, 3.8) is 0 Å². The van der Waals surface area contributed by atoms with Gasteiger partial charge in [0.05, 0.1) is 12.0 Å². The molecule has 0 radical (unpaired) electrons. The van der Waals surface area contributed by atoms with Gasteiger partial charge in [-0.15, -0.1) is 0 Å². The fourth-order valence-electron chi connectivity index (χ4n) is 3.95. The molecule has 3 aliphatic rings. The fourth-order valence-corrected chi connectivity index (χ4v) is 3.95. The summed E-state index contributed by atoms with van der Waals surface area (Å²) in [5, 5.41) is 30.8. The first-order chi connectivity index (χ1) is 12.0. The normalized spacial score (nSPS) is 28.2. The number of carboxylic acid groups (broad SMARTS) is 1. The summed E-state index contributed by atoms with van der Waals surface area (Å²) in [6.07, 6.45) is 13.9. The number of carboxylic acids is 1. The van der Waals surface area contributed by atoms with E-state index in [-0.39, 0.29) is 17.9 Å². The van der Waals surface area contributed by atoms with Crippen LogP contribution < -0.4 is 5.32 Å². The summed E-state index contributed by atoms with van der Waals surface area (Å²) in [6, 6.07) is 0.199. The maximum Gasteiger partial charge on any atom is 0.451 e. The number of fused-ring (bicyclic) bond motifs is 1. The van der Waals surface area contributed by atoms with E-state index >= 15 is 0 Å². The van der Waals surface area contributed by atoms with Gasteiger partial charge in [-0.05, 0) is 42.1 Å². The van der Waals surface area contributed by atoms with E-state index in [0.29, 0.717) is 25.7 Å². The van der Waals surface area contributed by atoms with Crippen molar-refractivity contribution in [1.29, 1.82) is 0 Å². The molecule has 0 bridgehead atoms. The lowest BCUT2D eigenvalue weighted by Crippen LogP contribution is -2.32. The molecule has 1 fully saturated rings. The maximum atomic E-state index is 11.6. The number of dihydropyridines is 1. The Bertz CT molecular complexity index is 627. The van der Waals surface area contributed by atoms with Crippen LogP contribution in [0.3, 0.4) is 0 Å². The van der Waals surface area contributed by atoms with Crippen molar-refractivity contribution in [2.24, 2.45) is 11.8 Å². The molecule has 6 nitrogen and oxygen atoms in total. The molecule has 3 atom stereocenters. The molecule has 0 spiro atoms. The minimum absolute atomic E-state index is 0.0603. The number of hydrogen-bond donors (Lipinski definition) is 4. The Morgan fingerprint density at radius 3 is 2.88 bits per heavy atom. The van der Waals surface area contributed by atoms with Crippen LogP contribution >= 0.6 is 0 Å². The van der Waals surface area contributed by atoms with Crippen molar-refractivity contribution in [3.05, 3.63) is 47.7 Å². The van der Waals surface area contributed by atoms with Gasteiger partial charge in [0.2, 0.25) is 0 Å². The largest absolute Gasteiger partial charge is 0.481 e. The second kappa shape index (κ2) is 8.04. The minimum Gasteiger partial charge on any atom is -0.481 e. The van der Waals surface area contributed by atoms with Crippen molar-refractivity contribution in [1.82, 2.24) is 10.2 Å². The Kier molecular flexibility index (Phi) is 5.78. The zero-order valence-electron chi connectivity index (χ0n) is 14.2. The molecule has 134 valence electrons. The van der Waals surface area contributed by atoms with E-state index < -0.39 is 13.1 Å². The summed E-state index contributed by atoms with van der Waals surface area (Å²) in [4.78, 5) is 13.8. The van der Waals surface area contributed by atoms with E-state index in [2.05, 4.69) is 28.4 Å². The van der Waals surface area contributed by atoms with Gasteiger partial charge in [0.15, 0.2) is 0 Å². The Hall–Kier alpha value is -1.83. The first kappa shape index (κ1) is 18.0. The first-order valence-electron chi connectivity index (χ1n) is 8.86. The number of nitrogens with one attached hydrogen (secondary N) is 1. The van der Waals surface area contributed by atoms with Gasteiger partial charge >= 0.3 is 13.1 Å². The number of nitrogens with zero attached hydrogens (tertiary/aromatic N) is 1. The molecule has 2 heterocycles. The van der Waals surface area contributed by atoms with E-state index in [4.69, 9.17) is 10.0 Å². The zero-order chi connectivity index (χ0) is 17.8. The van der Waals surface area contributed by atoms with Crippen LogP contribution in [-0.2, 0) is 4.79 Å². The Morgan fingerprint density at radius 2 is 2.12 bits per heavy atom. The average molecular weight is 344 g/mol. The smallest absolute Gasteiger partial charge is 0.451 e. The SMILES string of the molecule is O=C(O)[C@@H]1CN(CC2=C3C=CC=CC3NC=C2)CC1CCCB(O)O. The monoisotopic (exact) mass is 344 g/mol. The standard InChI is InChI=1S/C18H25BN2O4/c22-18(23)16-12-21(10-13(16)4-3-8-19(24)25)11-14-7-9-20-17-6-2-1-5-15(14)17/h1-2,5-7,9,13,16-17,20,24-25H,3-4,8,10-12H2,(H,22,23)/t13?,16-,17?/m1/s1. The molecule has 0 amide bonds. The average Bonchev–Trinajstić information content (AvgIpc) is 2.98. The number of aliphatic carboxylic acids is 1. The van der Waals surface area contributed by atoms with Crippen molar-refractivity contribution in [2.45, 2.75) is 25.2 Å². The van der Waals surface area contributed by atoms with Crippen LogP contribution in [0.4, 0.5) is 0 Å². The zero-order valence-corrected chi connectivity index (χ0v) is 14.2. The molecular formula is C18H25BN2O4. The Morgan fingerprint density at radius 1 is 1.28 bits per heavy atom. The molecule has 0 aromatic carbocycles. The molecule has 25 heavy (non-hydrogen) atoms. The van der Waals surface area contributed by atoms with E-state index in [1.165, 1.54) is 11.1 Å². The number of rotatable bonds is 7. The van der Waals surface area contributed by atoms with Crippen molar-refractivity contribution in [3.8, 4) is 0 Å². The quantitative estimate of drug-likeness (QED) is 0.510. The Labute approximate surface area is 148 Å². The van der Waals surface area contributed by atoms with Crippen LogP contribution in [-0.4, -0.2) is 58.8 Å². The van der Waals surface area contributed by atoms with E-state index in [0.717, 1.165) is 13.1 Å². The predicted octanol–water partition coefficient (Wildman–Crippen LogP) is 0.780. The van der Waals surface area contributed by atoms with Crippen LogP contribution in [0.25, 0.3) is 0 Å². The van der Waals surface area contributed by atoms with Crippen molar-refractivity contribution in [2.75, 3.05) is 19.6 Å². The summed E-state index contributed by atoms with van der Waals surface area (Å²) < 4.78 is 0. The summed E-state index contributed by atoms with van der Waals surface area (Å²) in [5.41, 5.74) is 2.46. The third-order valence-corrected chi connectivity index (χ3v) is 5.22. The van der Waals surface area contributed by atoms with Gasteiger partial charge in [0, 0.05) is 19.6 Å². The van der Waals surface area contributed by atoms with Crippen LogP contribution in [0.1, 0.15) is 12.8 Å². The van der Waals surface area contributed by atoms with Gasteiger partial charge in [0.1, 0.15) is 0 Å². The van der Waals surface area contributed by atoms with Gasteiger partial charge < -0.3 is 20.5 Å². The predicted molar refractivity (Wildman–Crippen MR) is 96.7 cm³/mol. The molecule has 1 aliphatic carbocycles. The molecule has 0 aromatic rings. The summed E-state index contributed by atoms with van der Waals surface area (Å²) in [6.45, 7) is 2.02. The van der Waals surface area contributed by atoms with Crippen LogP contribution in [0, 0.1) is 11.8 Å². The number of likely N-dealkylation sites (tertiary alicyclic amines) is 1. The maximum absolute atomic E-state index is 11.6. The summed E-state index contributed by atoms with van der Waals surface area (Å²) in [5.74, 6) is -1.08. The molecule has 0 saturated carbocycles. The third kappa shape index (κ3) is 4.42. The highest BCUT2D eigenvalue weighted by molar-refractivity contribution is 6.40. The molecule has 7 heteroatoms. The highest BCUT2D eigenvalue weighted by Crippen LogP contribution is 2.30. The molecule has 2 aliphatic heterocycles. The molecule has 2 unspecified atom stereocenters. The molecular weight excluding hydrogens is 319 g/mol. The first-order valence-corrected chi connectivity index (χ1v) is 8.86.